The summed E-state index contributed by atoms with van der Waals surface area (Å²) in [6.45, 7) is 4.92. The second-order valence-corrected chi connectivity index (χ2v) is 6.73. The first-order valence-electron chi connectivity index (χ1n) is 8.91. The zero-order valence-electron chi connectivity index (χ0n) is 14.0. The Morgan fingerprint density at radius 3 is 2.38 bits per heavy atom. The minimum Gasteiger partial charge on any atom is -0.381 e. The van der Waals surface area contributed by atoms with Crippen LogP contribution in [0.1, 0.15) is 12.8 Å². The van der Waals surface area contributed by atoms with Crippen LogP contribution in [0.15, 0.2) is 42.5 Å². The van der Waals surface area contributed by atoms with Gasteiger partial charge in [-0.25, -0.2) is 0 Å². The molecule has 2 aliphatic rings. The molecule has 2 fully saturated rings. The first-order valence-corrected chi connectivity index (χ1v) is 8.91. The number of carbonyl (C=O) groups is 1. The van der Waals surface area contributed by atoms with Crippen LogP contribution in [0.4, 0.5) is 5.69 Å². The van der Waals surface area contributed by atoms with E-state index in [1.54, 1.807) is 0 Å². The van der Waals surface area contributed by atoms with E-state index >= 15 is 0 Å². The monoisotopic (exact) mass is 324 g/mol. The lowest BCUT2D eigenvalue weighted by Gasteiger charge is -2.38. The number of ether oxygens (including phenoxy) is 1. The maximum atomic E-state index is 12.6. The zero-order chi connectivity index (χ0) is 16.4. The summed E-state index contributed by atoms with van der Waals surface area (Å²) in [7, 11) is 0. The van der Waals surface area contributed by atoms with Crippen LogP contribution in [0.2, 0.25) is 0 Å². The predicted octanol–water partition coefficient (Wildman–Crippen LogP) is 2.92. The number of nitrogens with zero attached hydrogens (tertiary/aromatic N) is 2. The van der Waals surface area contributed by atoms with Gasteiger partial charge in [0.05, 0.1) is 0 Å². The second-order valence-electron chi connectivity index (χ2n) is 6.73. The molecule has 2 heterocycles. The number of hydrogen-bond acceptors (Lipinski definition) is 3. The molecule has 0 radical (unpaired) electrons. The van der Waals surface area contributed by atoms with E-state index in [-0.39, 0.29) is 5.92 Å². The molecule has 1 amide bonds. The summed E-state index contributed by atoms with van der Waals surface area (Å²) in [5.41, 5.74) is 1.26. The van der Waals surface area contributed by atoms with Gasteiger partial charge >= 0.3 is 0 Å². The van der Waals surface area contributed by atoms with E-state index < -0.39 is 0 Å². The number of piperazine rings is 1. The first-order chi connectivity index (χ1) is 11.8. The number of rotatable bonds is 2. The van der Waals surface area contributed by atoms with Crippen molar-refractivity contribution in [3.63, 3.8) is 0 Å². The lowest BCUT2D eigenvalue weighted by molar-refractivity contribution is -0.138. The minimum atomic E-state index is 0.172. The Balaban J connectivity index is 1.40. The highest BCUT2D eigenvalue weighted by atomic mass is 16.5. The highest BCUT2D eigenvalue weighted by Gasteiger charge is 2.28. The first kappa shape index (κ1) is 15.5. The van der Waals surface area contributed by atoms with Gasteiger partial charge in [0.25, 0.3) is 0 Å². The van der Waals surface area contributed by atoms with Crippen molar-refractivity contribution in [2.75, 3.05) is 44.3 Å². The maximum Gasteiger partial charge on any atom is 0.225 e. The Morgan fingerprint density at radius 1 is 0.917 bits per heavy atom. The Bertz CT molecular complexity index is 716. The van der Waals surface area contributed by atoms with Crippen LogP contribution in [0, 0.1) is 5.92 Å². The normalized spacial score (nSPS) is 19.7. The Morgan fingerprint density at radius 2 is 1.62 bits per heavy atom. The van der Waals surface area contributed by atoms with Crippen molar-refractivity contribution in [3.8, 4) is 0 Å². The number of carbonyl (C=O) groups excluding carboxylic acids is 1. The van der Waals surface area contributed by atoms with E-state index in [0.717, 1.165) is 52.2 Å². The molecule has 2 aromatic rings. The van der Waals surface area contributed by atoms with Gasteiger partial charge in [-0.1, -0.05) is 30.3 Å². The molecule has 2 saturated heterocycles. The Kier molecular flexibility index (Phi) is 4.39. The molecule has 0 saturated carbocycles. The number of hydrogen-bond donors (Lipinski definition) is 0. The molecule has 0 bridgehead atoms. The third-order valence-electron chi connectivity index (χ3n) is 5.26. The van der Waals surface area contributed by atoms with Crippen molar-refractivity contribution in [2.45, 2.75) is 12.8 Å². The fraction of sp³-hybridized carbons (Fsp3) is 0.450. The molecule has 0 unspecified atom stereocenters. The molecule has 0 N–H and O–H groups in total. The molecule has 4 rings (SSSR count). The van der Waals surface area contributed by atoms with E-state index in [2.05, 4.69) is 47.4 Å². The fourth-order valence-corrected chi connectivity index (χ4v) is 3.76. The summed E-state index contributed by atoms with van der Waals surface area (Å²) in [5.74, 6) is 0.502. The van der Waals surface area contributed by atoms with Crippen molar-refractivity contribution < 1.29 is 9.53 Å². The molecule has 2 aliphatic heterocycles. The quantitative estimate of drug-likeness (QED) is 0.851. The minimum absolute atomic E-state index is 0.172. The molecule has 4 nitrogen and oxygen atoms in total. The summed E-state index contributed by atoms with van der Waals surface area (Å²) in [4.78, 5) is 17.1. The standard InChI is InChI=1S/C20H24N2O2/c23-20(17-7-13-24-14-8-17)22-11-9-21(10-12-22)19-6-5-16-3-1-2-4-18(16)15-19/h1-6,15,17H,7-14H2. The van der Waals surface area contributed by atoms with Gasteiger partial charge in [-0.2, -0.15) is 0 Å². The highest BCUT2D eigenvalue weighted by Crippen LogP contribution is 2.24. The van der Waals surface area contributed by atoms with Crippen molar-refractivity contribution in [2.24, 2.45) is 5.92 Å². The van der Waals surface area contributed by atoms with Crippen LogP contribution in [-0.4, -0.2) is 50.2 Å². The van der Waals surface area contributed by atoms with E-state index in [1.807, 2.05) is 4.90 Å². The second kappa shape index (κ2) is 6.81. The van der Waals surface area contributed by atoms with Crippen molar-refractivity contribution in [1.29, 1.82) is 0 Å². The molecule has 0 aliphatic carbocycles. The van der Waals surface area contributed by atoms with Crippen LogP contribution in [-0.2, 0) is 9.53 Å². The van der Waals surface area contributed by atoms with Gasteiger partial charge < -0.3 is 14.5 Å². The van der Waals surface area contributed by atoms with E-state index in [4.69, 9.17) is 4.74 Å². The third kappa shape index (κ3) is 3.11. The number of anilines is 1. The van der Waals surface area contributed by atoms with Crippen LogP contribution in [0.25, 0.3) is 10.8 Å². The summed E-state index contributed by atoms with van der Waals surface area (Å²) >= 11 is 0. The van der Waals surface area contributed by atoms with Crippen molar-refractivity contribution in [3.05, 3.63) is 42.5 Å². The summed E-state index contributed by atoms with van der Waals surface area (Å²) in [6.07, 6.45) is 1.76. The molecule has 2 aromatic carbocycles. The van der Waals surface area contributed by atoms with Gasteiger partial charge in [-0.3, -0.25) is 4.79 Å². The lowest BCUT2D eigenvalue weighted by atomic mass is 9.98. The number of benzene rings is 2. The fourth-order valence-electron chi connectivity index (χ4n) is 3.76. The topological polar surface area (TPSA) is 32.8 Å². The molecule has 0 aromatic heterocycles. The van der Waals surface area contributed by atoms with E-state index in [9.17, 15) is 4.79 Å². The van der Waals surface area contributed by atoms with Gasteiger partial charge in [0.2, 0.25) is 5.91 Å². The average Bonchev–Trinajstić information content (AvgIpc) is 2.68. The van der Waals surface area contributed by atoms with Gasteiger partial charge in [-0.05, 0) is 35.7 Å². The lowest BCUT2D eigenvalue weighted by Crippen LogP contribution is -2.51. The maximum absolute atomic E-state index is 12.6. The summed E-state index contributed by atoms with van der Waals surface area (Å²) in [5, 5.41) is 2.55. The number of fused-ring (bicyclic) bond motifs is 1. The van der Waals surface area contributed by atoms with Crippen molar-refractivity contribution >= 4 is 22.4 Å². The van der Waals surface area contributed by atoms with Crippen LogP contribution in [0.3, 0.4) is 0 Å². The van der Waals surface area contributed by atoms with Crippen molar-refractivity contribution in [1.82, 2.24) is 4.90 Å². The van der Waals surface area contributed by atoms with Gasteiger partial charge in [0, 0.05) is 51.0 Å². The van der Waals surface area contributed by atoms with Gasteiger partial charge in [0.15, 0.2) is 0 Å². The third-order valence-corrected chi connectivity index (χ3v) is 5.26. The van der Waals surface area contributed by atoms with Crippen LogP contribution in [0.5, 0.6) is 0 Å². The largest absolute Gasteiger partial charge is 0.381 e. The average molecular weight is 324 g/mol. The predicted molar refractivity (Wildman–Crippen MR) is 96.3 cm³/mol. The Labute approximate surface area is 143 Å². The summed E-state index contributed by atoms with van der Waals surface area (Å²) in [6, 6.07) is 15.1. The van der Waals surface area contributed by atoms with Crippen LogP contribution >= 0.6 is 0 Å². The molecule has 0 spiro atoms. The molecule has 24 heavy (non-hydrogen) atoms. The van der Waals surface area contributed by atoms with Gasteiger partial charge in [0.1, 0.15) is 0 Å². The van der Waals surface area contributed by atoms with E-state index in [1.165, 1.54) is 16.5 Å². The zero-order valence-corrected chi connectivity index (χ0v) is 14.0. The number of amides is 1. The molecule has 0 atom stereocenters. The molecule has 4 heteroatoms. The van der Waals surface area contributed by atoms with Gasteiger partial charge in [-0.15, -0.1) is 0 Å². The molecule has 126 valence electrons. The smallest absolute Gasteiger partial charge is 0.225 e. The van der Waals surface area contributed by atoms with Crippen LogP contribution < -0.4 is 4.90 Å². The molecular formula is C20H24N2O2. The molecular weight excluding hydrogens is 300 g/mol. The summed E-state index contributed by atoms with van der Waals surface area (Å²) < 4.78 is 5.37. The SMILES string of the molecule is O=C(C1CCOCC1)N1CCN(c2ccc3ccccc3c2)CC1. The van der Waals surface area contributed by atoms with E-state index in [0.29, 0.717) is 5.91 Å². The highest BCUT2D eigenvalue weighted by molar-refractivity contribution is 5.86. The Hall–Kier alpha value is -2.07.